The zero-order chi connectivity index (χ0) is 13.8. The Labute approximate surface area is 106 Å². The van der Waals surface area contributed by atoms with Gasteiger partial charge in [0.1, 0.15) is 5.82 Å². The molecule has 0 bridgehead atoms. The van der Waals surface area contributed by atoms with Crippen molar-refractivity contribution in [2.45, 2.75) is 20.3 Å². The fourth-order valence-electron chi connectivity index (χ4n) is 1.52. The SMILES string of the molecule is CC(C)(CCO)CNC(=O)c1cc(N)ccc1F. The van der Waals surface area contributed by atoms with E-state index in [0.717, 1.165) is 0 Å². The summed E-state index contributed by atoms with van der Waals surface area (Å²) in [6.07, 6.45) is 0.562. The molecule has 1 amide bonds. The first-order valence-corrected chi connectivity index (χ1v) is 5.80. The van der Waals surface area contributed by atoms with Crippen LogP contribution in [0.25, 0.3) is 0 Å². The monoisotopic (exact) mass is 254 g/mol. The predicted molar refractivity (Wildman–Crippen MR) is 68.6 cm³/mol. The Morgan fingerprint density at radius 3 is 2.78 bits per heavy atom. The number of nitrogens with two attached hydrogens (primary N) is 1. The fraction of sp³-hybridized carbons (Fsp3) is 0.462. The summed E-state index contributed by atoms with van der Waals surface area (Å²) in [6, 6.07) is 3.88. The summed E-state index contributed by atoms with van der Waals surface area (Å²) < 4.78 is 13.4. The van der Waals surface area contributed by atoms with E-state index >= 15 is 0 Å². The molecule has 0 saturated heterocycles. The van der Waals surface area contributed by atoms with Crippen LogP contribution in [-0.2, 0) is 0 Å². The molecule has 0 aliphatic heterocycles. The molecule has 5 heteroatoms. The first-order valence-electron chi connectivity index (χ1n) is 5.80. The van der Waals surface area contributed by atoms with Gasteiger partial charge in [-0.3, -0.25) is 4.79 Å². The first-order chi connectivity index (χ1) is 8.35. The summed E-state index contributed by atoms with van der Waals surface area (Å²) in [6.45, 7) is 4.24. The van der Waals surface area contributed by atoms with E-state index in [4.69, 9.17) is 10.8 Å². The molecule has 1 aromatic carbocycles. The van der Waals surface area contributed by atoms with Gasteiger partial charge in [-0.25, -0.2) is 4.39 Å². The fourth-order valence-corrected chi connectivity index (χ4v) is 1.52. The Balaban J connectivity index is 2.69. The number of nitrogen functional groups attached to an aromatic ring is 1. The second kappa shape index (κ2) is 5.82. The normalized spacial score (nSPS) is 11.3. The van der Waals surface area contributed by atoms with Gasteiger partial charge >= 0.3 is 0 Å². The molecule has 1 aromatic rings. The molecule has 0 fully saturated rings. The van der Waals surface area contributed by atoms with E-state index in [-0.39, 0.29) is 17.6 Å². The topological polar surface area (TPSA) is 75.3 Å². The van der Waals surface area contributed by atoms with E-state index in [1.165, 1.54) is 18.2 Å². The maximum atomic E-state index is 13.4. The maximum absolute atomic E-state index is 13.4. The van der Waals surface area contributed by atoms with Gasteiger partial charge in [-0.15, -0.1) is 0 Å². The molecule has 0 atom stereocenters. The van der Waals surface area contributed by atoms with Gasteiger partial charge in [0.05, 0.1) is 5.56 Å². The zero-order valence-electron chi connectivity index (χ0n) is 10.7. The van der Waals surface area contributed by atoms with Crippen LogP contribution in [0.4, 0.5) is 10.1 Å². The molecule has 0 radical (unpaired) electrons. The van der Waals surface area contributed by atoms with Gasteiger partial charge in [0.25, 0.3) is 5.91 Å². The standard InChI is InChI=1S/C13H19FN2O2/c1-13(2,5-6-17)8-16-12(18)10-7-9(15)3-4-11(10)14/h3-4,7,17H,5-6,8,15H2,1-2H3,(H,16,18). The average molecular weight is 254 g/mol. The molecular formula is C13H19FN2O2. The molecule has 0 spiro atoms. The van der Waals surface area contributed by atoms with Gasteiger partial charge in [0.15, 0.2) is 0 Å². The zero-order valence-corrected chi connectivity index (χ0v) is 10.7. The second-order valence-electron chi connectivity index (χ2n) is 5.06. The minimum Gasteiger partial charge on any atom is -0.399 e. The third-order valence-corrected chi connectivity index (χ3v) is 2.75. The number of nitrogens with one attached hydrogen (secondary N) is 1. The molecule has 0 saturated carbocycles. The lowest BCUT2D eigenvalue weighted by Crippen LogP contribution is -2.35. The number of hydrogen-bond acceptors (Lipinski definition) is 3. The van der Waals surface area contributed by atoms with Crippen molar-refractivity contribution in [3.8, 4) is 0 Å². The second-order valence-corrected chi connectivity index (χ2v) is 5.06. The van der Waals surface area contributed by atoms with Crippen LogP contribution in [0.1, 0.15) is 30.6 Å². The molecular weight excluding hydrogens is 235 g/mol. The Kier molecular flexibility index (Phi) is 4.67. The lowest BCUT2D eigenvalue weighted by Gasteiger charge is -2.23. The Morgan fingerprint density at radius 2 is 2.17 bits per heavy atom. The molecule has 0 aliphatic rings. The van der Waals surface area contributed by atoms with Crippen molar-refractivity contribution in [3.05, 3.63) is 29.6 Å². The Bertz CT molecular complexity index is 433. The number of rotatable bonds is 5. The summed E-state index contributed by atoms with van der Waals surface area (Å²) in [5.74, 6) is -1.09. The first kappa shape index (κ1) is 14.4. The average Bonchev–Trinajstić information content (AvgIpc) is 2.29. The van der Waals surface area contributed by atoms with Crippen molar-refractivity contribution in [3.63, 3.8) is 0 Å². The Hall–Kier alpha value is -1.62. The third-order valence-electron chi connectivity index (χ3n) is 2.75. The summed E-state index contributed by atoms with van der Waals surface area (Å²) in [7, 11) is 0. The predicted octanol–water partition coefficient (Wildman–Crippen LogP) is 1.55. The molecule has 0 heterocycles. The number of anilines is 1. The highest BCUT2D eigenvalue weighted by molar-refractivity contribution is 5.95. The number of aliphatic hydroxyl groups excluding tert-OH is 1. The van der Waals surface area contributed by atoms with Crippen molar-refractivity contribution in [1.29, 1.82) is 0 Å². The van der Waals surface area contributed by atoms with Crippen LogP contribution in [0.5, 0.6) is 0 Å². The molecule has 1 rings (SSSR count). The molecule has 0 unspecified atom stereocenters. The highest BCUT2D eigenvalue weighted by Crippen LogP contribution is 2.19. The van der Waals surface area contributed by atoms with Crippen LogP contribution in [0.3, 0.4) is 0 Å². The molecule has 100 valence electrons. The maximum Gasteiger partial charge on any atom is 0.254 e. The largest absolute Gasteiger partial charge is 0.399 e. The van der Waals surface area contributed by atoms with Gasteiger partial charge < -0.3 is 16.2 Å². The summed E-state index contributed by atoms with van der Waals surface area (Å²) in [5.41, 5.74) is 5.56. The number of halogens is 1. The Morgan fingerprint density at radius 1 is 1.50 bits per heavy atom. The van der Waals surface area contributed by atoms with E-state index in [2.05, 4.69) is 5.32 Å². The molecule has 0 aromatic heterocycles. The van der Waals surface area contributed by atoms with Crippen LogP contribution in [0.15, 0.2) is 18.2 Å². The van der Waals surface area contributed by atoms with Gasteiger partial charge in [-0.1, -0.05) is 13.8 Å². The third kappa shape index (κ3) is 4.00. The minimum atomic E-state index is -0.596. The van der Waals surface area contributed by atoms with Crippen LogP contribution in [0, 0.1) is 11.2 Å². The van der Waals surface area contributed by atoms with Crippen LogP contribution in [0.2, 0.25) is 0 Å². The van der Waals surface area contributed by atoms with Crippen molar-refractivity contribution in [2.75, 3.05) is 18.9 Å². The highest BCUT2D eigenvalue weighted by Gasteiger charge is 2.19. The summed E-state index contributed by atoms with van der Waals surface area (Å²) in [4.78, 5) is 11.8. The van der Waals surface area contributed by atoms with Crippen molar-refractivity contribution < 1.29 is 14.3 Å². The van der Waals surface area contributed by atoms with Crippen molar-refractivity contribution >= 4 is 11.6 Å². The number of benzene rings is 1. The van der Waals surface area contributed by atoms with Crippen LogP contribution in [-0.4, -0.2) is 24.2 Å². The van der Waals surface area contributed by atoms with Crippen molar-refractivity contribution in [1.82, 2.24) is 5.32 Å². The highest BCUT2D eigenvalue weighted by atomic mass is 19.1. The van der Waals surface area contributed by atoms with Gasteiger partial charge in [-0.05, 0) is 30.0 Å². The number of aliphatic hydroxyl groups is 1. The number of amides is 1. The van der Waals surface area contributed by atoms with E-state index in [9.17, 15) is 9.18 Å². The minimum absolute atomic E-state index is 0.0511. The molecule has 0 aliphatic carbocycles. The van der Waals surface area contributed by atoms with Crippen LogP contribution >= 0.6 is 0 Å². The van der Waals surface area contributed by atoms with Gasteiger partial charge in [-0.2, -0.15) is 0 Å². The van der Waals surface area contributed by atoms with E-state index < -0.39 is 11.7 Å². The molecule has 4 nitrogen and oxygen atoms in total. The van der Waals surface area contributed by atoms with Gasteiger partial charge in [0.2, 0.25) is 0 Å². The summed E-state index contributed by atoms with van der Waals surface area (Å²) in [5, 5.41) is 11.5. The van der Waals surface area contributed by atoms with E-state index in [1.807, 2.05) is 13.8 Å². The number of carbonyl (C=O) groups is 1. The summed E-state index contributed by atoms with van der Waals surface area (Å²) >= 11 is 0. The quantitative estimate of drug-likeness (QED) is 0.698. The van der Waals surface area contributed by atoms with Gasteiger partial charge in [0, 0.05) is 18.8 Å². The number of carbonyl (C=O) groups excluding carboxylic acids is 1. The molecule has 18 heavy (non-hydrogen) atoms. The van der Waals surface area contributed by atoms with E-state index in [0.29, 0.717) is 18.7 Å². The van der Waals surface area contributed by atoms with Crippen LogP contribution < -0.4 is 11.1 Å². The lowest BCUT2D eigenvalue weighted by molar-refractivity contribution is 0.0924. The smallest absolute Gasteiger partial charge is 0.254 e. The molecule has 4 N–H and O–H groups in total. The number of hydrogen-bond donors (Lipinski definition) is 3. The lowest BCUT2D eigenvalue weighted by atomic mass is 9.89. The van der Waals surface area contributed by atoms with Crippen molar-refractivity contribution in [2.24, 2.45) is 5.41 Å². The van der Waals surface area contributed by atoms with E-state index in [1.54, 1.807) is 0 Å².